The summed E-state index contributed by atoms with van der Waals surface area (Å²) in [6.45, 7) is 4.04. The number of aryl methyl sites for hydroxylation is 2. The van der Waals surface area contributed by atoms with E-state index in [9.17, 15) is 4.79 Å². The molecule has 0 unspecified atom stereocenters. The van der Waals surface area contributed by atoms with Gasteiger partial charge in [-0.2, -0.15) is 0 Å². The normalized spacial score (nSPS) is 15.1. The number of amides is 1. The number of nitrogens with zero attached hydrogens (tertiary/aromatic N) is 1. The minimum Gasteiger partial charge on any atom is -0.382 e. The maximum atomic E-state index is 12.5. The summed E-state index contributed by atoms with van der Waals surface area (Å²) in [6, 6.07) is 10.3. The van der Waals surface area contributed by atoms with E-state index in [1.807, 2.05) is 38.1 Å². The predicted octanol–water partition coefficient (Wildman–Crippen LogP) is 4.70. The van der Waals surface area contributed by atoms with Crippen LogP contribution in [0.15, 0.2) is 36.5 Å². The van der Waals surface area contributed by atoms with E-state index in [0.29, 0.717) is 11.7 Å². The van der Waals surface area contributed by atoms with Crippen LogP contribution in [0, 0.1) is 13.8 Å². The van der Waals surface area contributed by atoms with Gasteiger partial charge in [0.25, 0.3) is 5.91 Å². The third-order valence-corrected chi connectivity index (χ3v) is 4.60. The predicted molar refractivity (Wildman–Crippen MR) is 98.6 cm³/mol. The lowest BCUT2D eigenvalue weighted by Crippen LogP contribution is -2.22. The van der Waals surface area contributed by atoms with Gasteiger partial charge < -0.3 is 10.6 Å². The summed E-state index contributed by atoms with van der Waals surface area (Å²) in [5.74, 6) is -0.172. The fourth-order valence-corrected chi connectivity index (χ4v) is 3.27. The van der Waals surface area contributed by atoms with Crippen molar-refractivity contribution < 1.29 is 4.79 Å². The number of carbonyl (C=O) groups is 1. The summed E-state index contributed by atoms with van der Waals surface area (Å²) in [5, 5.41) is 6.49. The van der Waals surface area contributed by atoms with E-state index in [1.165, 1.54) is 37.7 Å². The molecule has 126 valence electrons. The van der Waals surface area contributed by atoms with Gasteiger partial charge in [0.2, 0.25) is 0 Å². The largest absolute Gasteiger partial charge is 0.382 e. The van der Waals surface area contributed by atoms with Gasteiger partial charge in [-0.15, -0.1) is 0 Å². The van der Waals surface area contributed by atoms with Crippen molar-refractivity contribution in [2.24, 2.45) is 0 Å². The molecule has 0 aliphatic heterocycles. The smallest absolute Gasteiger partial charge is 0.274 e. The van der Waals surface area contributed by atoms with Crippen molar-refractivity contribution >= 4 is 17.3 Å². The van der Waals surface area contributed by atoms with E-state index in [-0.39, 0.29) is 5.91 Å². The summed E-state index contributed by atoms with van der Waals surface area (Å²) in [6.07, 6.45) is 7.99. The van der Waals surface area contributed by atoms with Crippen molar-refractivity contribution in [2.75, 3.05) is 10.6 Å². The molecule has 0 radical (unpaired) electrons. The topological polar surface area (TPSA) is 54.0 Å². The third kappa shape index (κ3) is 4.13. The number of pyridine rings is 1. The molecule has 1 amide bonds. The number of anilines is 2. The van der Waals surface area contributed by atoms with Crippen molar-refractivity contribution in [3.05, 3.63) is 53.3 Å². The zero-order valence-corrected chi connectivity index (χ0v) is 14.4. The maximum Gasteiger partial charge on any atom is 0.274 e. The number of carbonyl (C=O) groups excluding carboxylic acids is 1. The quantitative estimate of drug-likeness (QED) is 0.858. The van der Waals surface area contributed by atoms with Gasteiger partial charge in [-0.3, -0.25) is 9.78 Å². The van der Waals surface area contributed by atoms with Gasteiger partial charge >= 0.3 is 0 Å². The van der Waals surface area contributed by atoms with Crippen molar-refractivity contribution in [2.45, 2.75) is 52.0 Å². The first-order chi connectivity index (χ1) is 11.6. The van der Waals surface area contributed by atoms with Crippen molar-refractivity contribution in [1.82, 2.24) is 4.98 Å². The molecule has 4 heteroatoms. The lowest BCUT2D eigenvalue weighted by atomic mass is 9.95. The summed E-state index contributed by atoms with van der Waals surface area (Å²) >= 11 is 0. The fraction of sp³-hybridized carbons (Fsp3) is 0.400. The lowest BCUT2D eigenvalue weighted by Gasteiger charge is -2.23. The molecular formula is C20H25N3O. The van der Waals surface area contributed by atoms with Gasteiger partial charge in [-0.25, -0.2) is 0 Å². The summed E-state index contributed by atoms with van der Waals surface area (Å²) in [5.41, 5.74) is 4.48. The Kier molecular flexibility index (Phi) is 5.14. The van der Waals surface area contributed by atoms with Gasteiger partial charge in [-0.05, 0) is 50.5 Å². The van der Waals surface area contributed by atoms with E-state index in [0.717, 1.165) is 16.9 Å². The van der Waals surface area contributed by atoms with Crippen LogP contribution in [-0.2, 0) is 0 Å². The Morgan fingerprint density at radius 1 is 1.08 bits per heavy atom. The Morgan fingerprint density at radius 3 is 2.62 bits per heavy atom. The molecule has 1 aliphatic rings. The molecule has 3 rings (SSSR count). The molecule has 0 bridgehead atoms. The second-order valence-electron chi connectivity index (χ2n) is 6.68. The van der Waals surface area contributed by atoms with E-state index >= 15 is 0 Å². The molecule has 1 fully saturated rings. The Hall–Kier alpha value is -2.36. The summed E-state index contributed by atoms with van der Waals surface area (Å²) in [7, 11) is 0. The average Bonchev–Trinajstić information content (AvgIpc) is 2.58. The SMILES string of the molecule is Cc1ccc(NC(=O)c2cc(NC3CCCCC3)ccn2)c(C)c1. The molecule has 2 N–H and O–H groups in total. The van der Waals surface area contributed by atoms with Crippen LogP contribution < -0.4 is 10.6 Å². The fourth-order valence-electron chi connectivity index (χ4n) is 3.27. The molecule has 1 saturated carbocycles. The van der Waals surface area contributed by atoms with Crippen LogP contribution in [0.2, 0.25) is 0 Å². The van der Waals surface area contributed by atoms with E-state index in [1.54, 1.807) is 6.20 Å². The van der Waals surface area contributed by atoms with Gasteiger partial charge in [-0.1, -0.05) is 37.0 Å². The first-order valence-corrected chi connectivity index (χ1v) is 8.73. The minimum absolute atomic E-state index is 0.172. The highest BCUT2D eigenvalue weighted by Crippen LogP contribution is 2.22. The zero-order valence-electron chi connectivity index (χ0n) is 14.4. The van der Waals surface area contributed by atoms with Crippen molar-refractivity contribution in [3.63, 3.8) is 0 Å². The van der Waals surface area contributed by atoms with Gasteiger partial charge in [0.1, 0.15) is 5.69 Å². The number of hydrogen-bond acceptors (Lipinski definition) is 3. The zero-order chi connectivity index (χ0) is 16.9. The molecule has 1 heterocycles. The Bertz CT molecular complexity index is 721. The van der Waals surface area contributed by atoms with Crippen LogP contribution in [0.5, 0.6) is 0 Å². The number of hydrogen-bond donors (Lipinski definition) is 2. The second-order valence-corrected chi connectivity index (χ2v) is 6.68. The highest BCUT2D eigenvalue weighted by atomic mass is 16.1. The van der Waals surface area contributed by atoms with Crippen LogP contribution in [0.25, 0.3) is 0 Å². The highest BCUT2D eigenvalue weighted by Gasteiger charge is 2.14. The third-order valence-electron chi connectivity index (χ3n) is 4.60. The van der Waals surface area contributed by atoms with Gasteiger partial charge in [0.05, 0.1) is 0 Å². The summed E-state index contributed by atoms with van der Waals surface area (Å²) < 4.78 is 0. The van der Waals surface area contributed by atoms with Crippen molar-refractivity contribution in [3.8, 4) is 0 Å². The first kappa shape index (κ1) is 16.5. The molecule has 1 aliphatic carbocycles. The van der Waals surface area contributed by atoms with E-state index in [4.69, 9.17) is 0 Å². The molecule has 2 aromatic rings. The van der Waals surface area contributed by atoms with Crippen LogP contribution in [0.3, 0.4) is 0 Å². The number of benzene rings is 1. The number of nitrogens with one attached hydrogen (secondary N) is 2. The standard InChI is InChI=1S/C20H25N3O/c1-14-8-9-18(15(2)12-14)23-20(24)19-13-17(10-11-21-19)22-16-6-4-3-5-7-16/h8-13,16H,3-7H2,1-2H3,(H,21,22)(H,23,24). The molecule has 4 nitrogen and oxygen atoms in total. The Labute approximate surface area is 143 Å². The number of aromatic nitrogens is 1. The maximum absolute atomic E-state index is 12.5. The molecule has 24 heavy (non-hydrogen) atoms. The van der Waals surface area contributed by atoms with Crippen LogP contribution >= 0.6 is 0 Å². The molecule has 0 atom stereocenters. The first-order valence-electron chi connectivity index (χ1n) is 8.73. The van der Waals surface area contributed by atoms with Crippen LogP contribution in [0.1, 0.15) is 53.7 Å². The molecular weight excluding hydrogens is 298 g/mol. The van der Waals surface area contributed by atoms with Gasteiger partial charge in [0, 0.05) is 23.6 Å². The highest BCUT2D eigenvalue weighted by molar-refractivity contribution is 6.03. The van der Waals surface area contributed by atoms with Crippen LogP contribution in [-0.4, -0.2) is 16.9 Å². The van der Waals surface area contributed by atoms with E-state index < -0.39 is 0 Å². The minimum atomic E-state index is -0.172. The summed E-state index contributed by atoms with van der Waals surface area (Å²) in [4.78, 5) is 16.7. The average molecular weight is 323 g/mol. The molecule has 0 spiro atoms. The Morgan fingerprint density at radius 2 is 1.88 bits per heavy atom. The second kappa shape index (κ2) is 7.47. The Balaban J connectivity index is 1.69. The van der Waals surface area contributed by atoms with E-state index in [2.05, 4.69) is 21.7 Å². The molecule has 1 aromatic carbocycles. The molecule has 1 aromatic heterocycles. The monoisotopic (exact) mass is 323 g/mol. The number of rotatable bonds is 4. The van der Waals surface area contributed by atoms with Gasteiger partial charge in [0.15, 0.2) is 0 Å². The lowest BCUT2D eigenvalue weighted by molar-refractivity contribution is 0.102. The molecule has 0 saturated heterocycles. The van der Waals surface area contributed by atoms with Crippen molar-refractivity contribution in [1.29, 1.82) is 0 Å². The van der Waals surface area contributed by atoms with Crippen LogP contribution in [0.4, 0.5) is 11.4 Å².